The summed E-state index contributed by atoms with van der Waals surface area (Å²) in [6.07, 6.45) is 1.85. The molecule has 7 heteroatoms. The van der Waals surface area contributed by atoms with Crippen LogP contribution in [0.2, 0.25) is 0 Å². The molecule has 146 valence electrons. The molecule has 0 atom stereocenters. The number of ketones is 1. The zero-order chi connectivity index (χ0) is 19.7. The Kier molecular flexibility index (Phi) is 5.17. The van der Waals surface area contributed by atoms with Crippen molar-refractivity contribution in [3.63, 3.8) is 0 Å². The molecule has 2 aromatic heterocycles. The Morgan fingerprint density at radius 2 is 2.00 bits per heavy atom. The zero-order valence-corrected chi connectivity index (χ0v) is 17.1. The summed E-state index contributed by atoms with van der Waals surface area (Å²) in [5.74, 6) is 2.00. The summed E-state index contributed by atoms with van der Waals surface area (Å²) in [5.41, 5.74) is 4.70. The molecule has 0 aliphatic carbocycles. The number of benzene rings is 1. The number of nitrogens with one attached hydrogen (secondary N) is 1. The van der Waals surface area contributed by atoms with E-state index in [1.165, 1.54) is 11.8 Å². The standard InChI is InChI=1S/C21H23N3O3S/c1-4-24-17(15-5-6-19-20(10-15)27-8-7-26-19)11-22-21(24)28-12-18(25)16-9-13(2)23-14(16)3/h5-6,9-11,23H,4,7-8,12H2,1-3H3. The molecule has 1 N–H and O–H groups in total. The van der Waals surface area contributed by atoms with Crippen molar-refractivity contribution in [1.29, 1.82) is 0 Å². The van der Waals surface area contributed by atoms with Crippen molar-refractivity contribution in [2.45, 2.75) is 32.5 Å². The van der Waals surface area contributed by atoms with E-state index < -0.39 is 0 Å². The van der Waals surface area contributed by atoms with Crippen molar-refractivity contribution in [1.82, 2.24) is 14.5 Å². The third kappa shape index (κ3) is 3.54. The number of ether oxygens (including phenoxy) is 2. The Bertz CT molecular complexity index is 1020. The van der Waals surface area contributed by atoms with Gasteiger partial charge in [-0.1, -0.05) is 11.8 Å². The van der Waals surface area contributed by atoms with Gasteiger partial charge in [0.1, 0.15) is 13.2 Å². The molecule has 0 fully saturated rings. The summed E-state index contributed by atoms with van der Waals surface area (Å²) in [5, 5.41) is 0.839. The van der Waals surface area contributed by atoms with E-state index in [-0.39, 0.29) is 5.78 Å². The van der Waals surface area contributed by atoms with E-state index in [1.54, 1.807) is 0 Å². The maximum absolute atomic E-state index is 12.6. The van der Waals surface area contributed by atoms with Gasteiger partial charge in [0.2, 0.25) is 0 Å². The van der Waals surface area contributed by atoms with Crippen molar-refractivity contribution >= 4 is 17.5 Å². The summed E-state index contributed by atoms with van der Waals surface area (Å²) < 4.78 is 13.4. The van der Waals surface area contributed by atoms with Crippen LogP contribution in [0, 0.1) is 13.8 Å². The number of imidazole rings is 1. The summed E-state index contributed by atoms with van der Waals surface area (Å²) in [6.45, 7) is 7.87. The lowest BCUT2D eigenvalue weighted by Crippen LogP contribution is -2.15. The van der Waals surface area contributed by atoms with E-state index in [0.29, 0.717) is 19.0 Å². The molecule has 28 heavy (non-hydrogen) atoms. The number of fused-ring (bicyclic) bond motifs is 1. The topological polar surface area (TPSA) is 69.1 Å². The van der Waals surface area contributed by atoms with Gasteiger partial charge in [0.05, 0.1) is 17.6 Å². The smallest absolute Gasteiger partial charge is 0.174 e. The highest BCUT2D eigenvalue weighted by atomic mass is 32.2. The fourth-order valence-corrected chi connectivity index (χ4v) is 4.36. The second-order valence-corrected chi connectivity index (χ2v) is 7.67. The summed E-state index contributed by atoms with van der Waals surface area (Å²) in [7, 11) is 0. The lowest BCUT2D eigenvalue weighted by Gasteiger charge is -2.19. The Morgan fingerprint density at radius 1 is 1.21 bits per heavy atom. The monoisotopic (exact) mass is 397 g/mol. The van der Waals surface area contributed by atoms with Crippen LogP contribution in [0.25, 0.3) is 11.3 Å². The van der Waals surface area contributed by atoms with Gasteiger partial charge in [-0.2, -0.15) is 0 Å². The van der Waals surface area contributed by atoms with Gasteiger partial charge in [-0.25, -0.2) is 4.98 Å². The number of nitrogens with zero attached hydrogens (tertiary/aromatic N) is 2. The fraction of sp³-hybridized carbons (Fsp3) is 0.333. The number of aryl methyl sites for hydroxylation is 2. The van der Waals surface area contributed by atoms with Gasteiger partial charge in [-0.05, 0) is 45.0 Å². The molecule has 0 radical (unpaired) electrons. The quantitative estimate of drug-likeness (QED) is 0.497. The number of Topliss-reactive ketones (excluding diaryl/α,β-unsaturated/α-hetero) is 1. The lowest BCUT2D eigenvalue weighted by atomic mass is 10.1. The lowest BCUT2D eigenvalue weighted by molar-refractivity contribution is 0.102. The fourth-order valence-electron chi connectivity index (χ4n) is 3.43. The van der Waals surface area contributed by atoms with E-state index in [2.05, 4.69) is 21.5 Å². The van der Waals surface area contributed by atoms with E-state index in [9.17, 15) is 4.79 Å². The average Bonchev–Trinajstić information content (AvgIpc) is 3.27. The number of thioether (sulfide) groups is 1. The van der Waals surface area contributed by atoms with Crippen molar-refractivity contribution in [2.75, 3.05) is 19.0 Å². The van der Waals surface area contributed by atoms with Gasteiger partial charge in [0, 0.05) is 29.1 Å². The number of aromatic nitrogens is 3. The van der Waals surface area contributed by atoms with Crippen LogP contribution in [-0.4, -0.2) is 39.3 Å². The van der Waals surface area contributed by atoms with Gasteiger partial charge in [0.25, 0.3) is 0 Å². The number of rotatable bonds is 6. The molecule has 3 heterocycles. The van der Waals surface area contributed by atoms with Gasteiger partial charge < -0.3 is 19.0 Å². The molecule has 4 rings (SSSR count). The second-order valence-electron chi connectivity index (χ2n) is 6.73. The minimum absolute atomic E-state index is 0.110. The number of aromatic amines is 1. The Labute approximate surface area is 168 Å². The van der Waals surface area contributed by atoms with E-state index in [4.69, 9.17) is 9.47 Å². The molecule has 0 amide bonds. The minimum atomic E-state index is 0.110. The van der Waals surface area contributed by atoms with E-state index in [1.807, 2.05) is 44.3 Å². The highest BCUT2D eigenvalue weighted by Crippen LogP contribution is 2.35. The summed E-state index contributed by atoms with van der Waals surface area (Å²) >= 11 is 1.47. The predicted octanol–water partition coefficient (Wildman–Crippen LogP) is 4.26. The number of carbonyl (C=O) groups excluding carboxylic acids is 1. The molecule has 0 saturated carbocycles. The number of H-pyrrole nitrogens is 1. The van der Waals surface area contributed by atoms with Gasteiger partial charge >= 0.3 is 0 Å². The van der Waals surface area contributed by atoms with Crippen molar-refractivity contribution in [3.8, 4) is 22.8 Å². The van der Waals surface area contributed by atoms with Crippen LogP contribution >= 0.6 is 11.8 Å². The molecule has 0 spiro atoms. The summed E-state index contributed by atoms with van der Waals surface area (Å²) in [4.78, 5) is 20.3. The molecule has 3 aromatic rings. The second kappa shape index (κ2) is 7.75. The third-order valence-corrected chi connectivity index (χ3v) is 5.75. The average molecular weight is 398 g/mol. The highest BCUT2D eigenvalue weighted by Gasteiger charge is 2.18. The van der Waals surface area contributed by atoms with Crippen molar-refractivity contribution in [3.05, 3.63) is 47.4 Å². The van der Waals surface area contributed by atoms with Crippen LogP contribution in [0.3, 0.4) is 0 Å². The van der Waals surface area contributed by atoms with Crippen LogP contribution < -0.4 is 9.47 Å². The Balaban J connectivity index is 1.54. The molecule has 6 nitrogen and oxygen atoms in total. The molecule has 0 bridgehead atoms. The molecule has 0 unspecified atom stereocenters. The van der Waals surface area contributed by atoms with Crippen molar-refractivity contribution in [2.24, 2.45) is 0 Å². The predicted molar refractivity (Wildman–Crippen MR) is 110 cm³/mol. The maximum atomic E-state index is 12.6. The first-order valence-electron chi connectivity index (χ1n) is 9.34. The van der Waals surface area contributed by atoms with Crippen LogP contribution in [0.15, 0.2) is 35.6 Å². The van der Waals surface area contributed by atoms with Crippen molar-refractivity contribution < 1.29 is 14.3 Å². The normalized spacial score (nSPS) is 13.0. The molecule has 1 aliphatic rings. The molecular weight excluding hydrogens is 374 g/mol. The van der Waals surface area contributed by atoms with Gasteiger partial charge in [-0.3, -0.25) is 4.79 Å². The Hall–Kier alpha value is -2.67. The number of hydrogen-bond donors (Lipinski definition) is 1. The minimum Gasteiger partial charge on any atom is -0.486 e. The van der Waals surface area contributed by atoms with Crippen LogP contribution in [0.1, 0.15) is 28.7 Å². The SMILES string of the molecule is CCn1c(-c2ccc3c(c2)OCCO3)cnc1SCC(=O)c1cc(C)[nH]c1C. The van der Waals surface area contributed by atoms with Crippen LogP contribution in [0.5, 0.6) is 11.5 Å². The van der Waals surface area contributed by atoms with E-state index >= 15 is 0 Å². The van der Waals surface area contributed by atoms with Gasteiger partial charge in [-0.15, -0.1) is 0 Å². The van der Waals surface area contributed by atoms with Crippen LogP contribution in [-0.2, 0) is 6.54 Å². The molecule has 1 aromatic carbocycles. The molecule has 1 aliphatic heterocycles. The van der Waals surface area contributed by atoms with Gasteiger partial charge in [0.15, 0.2) is 22.4 Å². The first kappa shape index (κ1) is 18.7. The summed E-state index contributed by atoms with van der Waals surface area (Å²) in [6, 6.07) is 7.85. The van der Waals surface area contributed by atoms with Crippen LogP contribution in [0.4, 0.5) is 0 Å². The molecule has 0 saturated heterocycles. The maximum Gasteiger partial charge on any atom is 0.174 e. The highest BCUT2D eigenvalue weighted by molar-refractivity contribution is 7.99. The first-order valence-corrected chi connectivity index (χ1v) is 10.3. The third-order valence-electron chi connectivity index (χ3n) is 4.76. The zero-order valence-electron chi connectivity index (χ0n) is 16.2. The molecular formula is C21H23N3O3S. The Morgan fingerprint density at radius 3 is 2.71 bits per heavy atom. The number of carbonyl (C=O) groups is 1. The number of hydrogen-bond acceptors (Lipinski definition) is 5. The van der Waals surface area contributed by atoms with E-state index in [0.717, 1.165) is 51.4 Å². The largest absolute Gasteiger partial charge is 0.486 e. The first-order chi connectivity index (χ1) is 13.6.